The maximum atomic E-state index is 12.3. The molecule has 1 heterocycles. The van der Waals surface area contributed by atoms with Crippen LogP contribution in [0.5, 0.6) is 0 Å². The molecule has 17 heavy (non-hydrogen) atoms. The number of β-amino-alcohol motifs (C(OH)–C–C–N with tert-alkyl or cyclic N) is 1. The third-order valence-electron chi connectivity index (χ3n) is 3.37. The van der Waals surface area contributed by atoms with Crippen molar-refractivity contribution in [2.75, 3.05) is 13.1 Å². The first-order valence-corrected chi connectivity index (χ1v) is 6.13. The standard InChI is InChI=1S/C14H19NO2/c1-3-11-6-4-5-7-12(11)13(16)15-9-8-14(2,17)10-15/h4-7,17H,3,8-10H2,1-2H3. The Bertz CT molecular complexity index is 426. The van der Waals surface area contributed by atoms with E-state index in [4.69, 9.17) is 0 Å². The molecule has 3 nitrogen and oxygen atoms in total. The summed E-state index contributed by atoms with van der Waals surface area (Å²) in [6.45, 7) is 4.91. The fraction of sp³-hybridized carbons (Fsp3) is 0.500. The Morgan fingerprint density at radius 1 is 1.47 bits per heavy atom. The van der Waals surface area contributed by atoms with Gasteiger partial charge in [-0.05, 0) is 31.4 Å². The molecule has 2 rings (SSSR count). The van der Waals surface area contributed by atoms with Gasteiger partial charge in [-0.3, -0.25) is 4.79 Å². The molecule has 0 radical (unpaired) electrons. The minimum atomic E-state index is -0.725. The van der Waals surface area contributed by atoms with E-state index in [2.05, 4.69) is 0 Å². The lowest BCUT2D eigenvalue weighted by Gasteiger charge is -2.20. The second-order valence-electron chi connectivity index (χ2n) is 4.98. The molecule has 1 aromatic carbocycles. The number of carbonyl (C=O) groups is 1. The lowest BCUT2D eigenvalue weighted by atomic mass is 10.0. The number of carbonyl (C=O) groups excluding carboxylic acids is 1. The molecule has 0 spiro atoms. The number of benzene rings is 1. The number of rotatable bonds is 2. The average molecular weight is 233 g/mol. The lowest BCUT2D eigenvalue weighted by molar-refractivity contribution is 0.0571. The fourth-order valence-electron chi connectivity index (χ4n) is 2.33. The zero-order valence-corrected chi connectivity index (χ0v) is 10.4. The molecule has 0 aliphatic carbocycles. The van der Waals surface area contributed by atoms with Crippen molar-refractivity contribution in [3.63, 3.8) is 0 Å². The first-order valence-electron chi connectivity index (χ1n) is 6.13. The van der Waals surface area contributed by atoms with Crippen LogP contribution in [0.25, 0.3) is 0 Å². The van der Waals surface area contributed by atoms with E-state index in [-0.39, 0.29) is 5.91 Å². The predicted octanol–water partition coefficient (Wildman–Crippen LogP) is 1.85. The van der Waals surface area contributed by atoms with E-state index < -0.39 is 5.60 Å². The Labute approximate surface area is 102 Å². The molecule has 1 saturated heterocycles. The Kier molecular flexibility index (Phi) is 3.20. The molecule has 1 aromatic rings. The van der Waals surface area contributed by atoms with Crippen molar-refractivity contribution in [3.05, 3.63) is 35.4 Å². The molecule has 0 aromatic heterocycles. The van der Waals surface area contributed by atoms with Crippen molar-refractivity contribution in [1.82, 2.24) is 4.90 Å². The molecule has 1 N–H and O–H groups in total. The van der Waals surface area contributed by atoms with Gasteiger partial charge in [0, 0.05) is 18.7 Å². The highest BCUT2D eigenvalue weighted by Gasteiger charge is 2.34. The van der Waals surface area contributed by atoms with Crippen molar-refractivity contribution in [1.29, 1.82) is 0 Å². The summed E-state index contributed by atoms with van der Waals surface area (Å²) in [6, 6.07) is 7.70. The average Bonchev–Trinajstić information content (AvgIpc) is 2.68. The van der Waals surface area contributed by atoms with Crippen LogP contribution >= 0.6 is 0 Å². The zero-order valence-electron chi connectivity index (χ0n) is 10.4. The van der Waals surface area contributed by atoms with Crippen LogP contribution in [0.3, 0.4) is 0 Å². The normalized spacial score (nSPS) is 24.1. The van der Waals surface area contributed by atoms with Crippen molar-refractivity contribution < 1.29 is 9.90 Å². The highest BCUT2D eigenvalue weighted by Crippen LogP contribution is 2.23. The number of aryl methyl sites for hydroxylation is 1. The number of hydrogen-bond acceptors (Lipinski definition) is 2. The third-order valence-corrected chi connectivity index (χ3v) is 3.37. The van der Waals surface area contributed by atoms with Crippen molar-refractivity contribution in [2.45, 2.75) is 32.3 Å². The second-order valence-corrected chi connectivity index (χ2v) is 4.98. The van der Waals surface area contributed by atoms with Crippen LogP contribution in [-0.2, 0) is 6.42 Å². The van der Waals surface area contributed by atoms with Gasteiger partial charge in [-0.25, -0.2) is 0 Å². The maximum Gasteiger partial charge on any atom is 0.254 e. The smallest absolute Gasteiger partial charge is 0.254 e. The predicted molar refractivity (Wildman–Crippen MR) is 67.0 cm³/mol. The van der Waals surface area contributed by atoms with Gasteiger partial charge in [-0.15, -0.1) is 0 Å². The van der Waals surface area contributed by atoms with Gasteiger partial charge in [0.15, 0.2) is 0 Å². The Balaban J connectivity index is 2.20. The molecule has 1 atom stereocenters. The molecule has 1 fully saturated rings. The van der Waals surface area contributed by atoms with Gasteiger partial charge in [0.05, 0.1) is 5.60 Å². The summed E-state index contributed by atoms with van der Waals surface area (Å²) < 4.78 is 0. The van der Waals surface area contributed by atoms with Crippen molar-refractivity contribution in [2.24, 2.45) is 0 Å². The van der Waals surface area contributed by atoms with Crippen LogP contribution in [0.2, 0.25) is 0 Å². The molecule has 1 amide bonds. The molecule has 0 saturated carbocycles. The van der Waals surface area contributed by atoms with Crippen LogP contribution in [0.1, 0.15) is 36.2 Å². The molecular formula is C14H19NO2. The summed E-state index contributed by atoms with van der Waals surface area (Å²) in [7, 11) is 0. The summed E-state index contributed by atoms with van der Waals surface area (Å²) in [4.78, 5) is 14.1. The highest BCUT2D eigenvalue weighted by molar-refractivity contribution is 5.96. The molecule has 92 valence electrons. The number of likely N-dealkylation sites (tertiary alicyclic amines) is 1. The molecule has 1 aliphatic rings. The summed E-state index contributed by atoms with van der Waals surface area (Å²) in [6.07, 6.45) is 1.51. The van der Waals surface area contributed by atoms with E-state index in [0.29, 0.717) is 19.5 Å². The van der Waals surface area contributed by atoms with Gasteiger partial charge in [-0.2, -0.15) is 0 Å². The van der Waals surface area contributed by atoms with Crippen LogP contribution in [0.15, 0.2) is 24.3 Å². The van der Waals surface area contributed by atoms with E-state index in [9.17, 15) is 9.90 Å². The van der Waals surface area contributed by atoms with E-state index in [1.54, 1.807) is 11.8 Å². The lowest BCUT2D eigenvalue weighted by Crippen LogP contribution is -2.34. The number of aliphatic hydroxyl groups is 1. The van der Waals surface area contributed by atoms with E-state index in [0.717, 1.165) is 17.5 Å². The van der Waals surface area contributed by atoms with Crippen LogP contribution in [0.4, 0.5) is 0 Å². The van der Waals surface area contributed by atoms with Gasteiger partial charge < -0.3 is 10.0 Å². The number of hydrogen-bond donors (Lipinski definition) is 1. The van der Waals surface area contributed by atoms with Gasteiger partial charge >= 0.3 is 0 Å². The minimum absolute atomic E-state index is 0.0419. The largest absolute Gasteiger partial charge is 0.388 e. The maximum absolute atomic E-state index is 12.3. The van der Waals surface area contributed by atoms with Crippen LogP contribution in [0, 0.1) is 0 Å². The zero-order chi connectivity index (χ0) is 12.5. The second kappa shape index (κ2) is 4.49. The van der Waals surface area contributed by atoms with Crippen molar-refractivity contribution in [3.8, 4) is 0 Å². The van der Waals surface area contributed by atoms with Crippen LogP contribution < -0.4 is 0 Å². The first kappa shape index (κ1) is 12.1. The van der Waals surface area contributed by atoms with E-state index >= 15 is 0 Å². The quantitative estimate of drug-likeness (QED) is 0.846. The van der Waals surface area contributed by atoms with Gasteiger partial charge in [0.1, 0.15) is 0 Å². The molecule has 0 bridgehead atoms. The third kappa shape index (κ3) is 2.50. The van der Waals surface area contributed by atoms with E-state index in [1.165, 1.54) is 0 Å². The van der Waals surface area contributed by atoms with Gasteiger partial charge in [0.2, 0.25) is 0 Å². The SMILES string of the molecule is CCc1ccccc1C(=O)N1CCC(C)(O)C1. The fourth-order valence-corrected chi connectivity index (χ4v) is 2.33. The van der Waals surface area contributed by atoms with Gasteiger partial charge in [0.25, 0.3) is 5.91 Å². The highest BCUT2D eigenvalue weighted by atomic mass is 16.3. The molecule has 1 unspecified atom stereocenters. The number of amides is 1. The summed E-state index contributed by atoms with van der Waals surface area (Å²) in [5.41, 5.74) is 1.12. The summed E-state index contributed by atoms with van der Waals surface area (Å²) in [5.74, 6) is 0.0419. The van der Waals surface area contributed by atoms with Crippen molar-refractivity contribution >= 4 is 5.91 Å². The molecular weight excluding hydrogens is 214 g/mol. The summed E-state index contributed by atoms with van der Waals surface area (Å²) in [5, 5.41) is 9.89. The number of nitrogens with zero attached hydrogens (tertiary/aromatic N) is 1. The first-order chi connectivity index (χ1) is 8.03. The monoisotopic (exact) mass is 233 g/mol. The Hall–Kier alpha value is -1.35. The van der Waals surface area contributed by atoms with E-state index in [1.807, 2.05) is 31.2 Å². The Morgan fingerprint density at radius 3 is 2.76 bits per heavy atom. The Morgan fingerprint density at radius 2 is 2.18 bits per heavy atom. The molecule has 3 heteroatoms. The minimum Gasteiger partial charge on any atom is -0.388 e. The summed E-state index contributed by atoms with van der Waals surface area (Å²) >= 11 is 0. The topological polar surface area (TPSA) is 40.5 Å². The van der Waals surface area contributed by atoms with Crippen LogP contribution in [-0.4, -0.2) is 34.6 Å². The molecule has 1 aliphatic heterocycles. The van der Waals surface area contributed by atoms with Gasteiger partial charge in [-0.1, -0.05) is 25.1 Å².